The fraction of sp³-hybridized carbons (Fsp3) is 0.0417. The first-order valence-corrected chi connectivity index (χ1v) is 11.3. The van der Waals surface area contributed by atoms with Gasteiger partial charge >= 0.3 is 5.97 Å². The highest BCUT2D eigenvalue weighted by molar-refractivity contribution is 6.54. The summed E-state index contributed by atoms with van der Waals surface area (Å²) in [6.45, 7) is 1.78. The van der Waals surface area contributed by atoms with E-state index in [0.717, 1.165) is 10.5 Å². The van der Waals surface area contributed by atoms with Crippen LogP contribution in [0.15, 0.2) is 71.4 Å². The van der Waals surface area contributed by atoms with Crippen LogP contribution in [0.5, 0.6) is 5.75 Å². The molecule has 0 aromatic heterocycles. The molecule has 1 N–H and O–H groups in total. The summed E-state index contributed by atoms with van der Waals surface area (Å²) in [7, 11) is 0. The Hall–Kier alpha value is -3.03. The number of halogens is 4. The summed E-state index contributed by atoms with van der Waals surface area (Å²) < 4.78 is 5.41. The zero-order valence-electron chi connectivity index (χ0n) is 17.4. The van der Waals surface area contributed by atoms with Gasteiger partial charge in [-0.1, -0.05) is 52.5 Å². The topological polar surface area (TPSA) is 75.7 Å². The molecule has 34 heavy (non-hydrogen) atoms. The van der Waals surface area contributed by atoms with Crippen molar-refractivity contribution >= 4 is 75.6 Å². The quantitative estimate of drug-likeness (QED) is 0.226. The molecule has 0 saturated carbocycles. The van der Waals surface area contributed by atoms with Gasteiger partial charge in [0.15, 0.2) is 0 Å². The van der Waals surface area contributed by atoms with Crippen LogP contribution in [0.2, 0.25) is 15.1 Å². The minimum absolute atomic E-state index is 0.0513. The zero-order valence-corrected chi connectivity index (χ0v) is 20.4. The molecular formula is C24H14Cl4N2O4. The maximum atomic E-state index is 12.9. The average molecular weight is 536 g/mol. The van der Waals surface area contributed by atoms with E-state index in [0.29, 0.717) is 16.5 Å². The number of anilines is 2. The van der Waals surface area contributed by atoms with Gasteiger partial charge < -0.3 is 10.1 Å². The first-order chi connectivity index (χ1) is 16.2. The monoisotopic (exact) mass is 534 g/mol. The molecule has 0 radical (unpaired) electrons. The number of esters is 1. The molecule has 10 heteroatoms. The van der Waals surface area contributed by atoms with Crippen molar-refractivity contribution in [3.8, 4) is 5.75 Å². The van der Waals surface area contributed by atoms with E-state index in [4.69, 9.17) is 51.1 Å². The summed E-state index contributed by atoms with van der Waals surface area (Å²) in [5.74, 6) is -1.61. The summed E-state index contributed by atoms with van der Waals surface area (Å²) >= 11 is 24.3. The van der Waals surface area contributed by atoms with Crippen LogP contribution in [0.25, 0.3) is 0 Å². The van der Waals surface area contributed by atoms with Crippen LogP contribution in [-0.4, -0.2) is 17.8 Å². The predicted molar refractivity (Wildman–Crippen MR) is 133 cm³/mol. The lowest BCUT2D eigenvalue weighted by molar-refractivity contribution is -0.120. The van der Waals surface area contributed by atoms with Crippen LogP contribution in [0.3, 0.4) is 0 Å². The Morgan fingerprint density at radius 3 is 2.29 bits per heavy atom. The molecule has 1 heterocycles. The Kier molecular flexibility index (Phi) is 6.86. The minimum atomic E-state index is -0.739. The molecule has 0 bridgehead atoms. The molecule has 1 aliphatic heterocycles. The largest absolute Gasteiger partial charge is 0.423 e. The van der Waals surface area contributed by atoms with Gasteiger partial charge in [0, 0.05) is 10.7 Å². The number of benzene rings is 3. The molecule has 3 aromatic rings. The Labute approximate surface area is 214 Å². The summed E-state index contributed by atoms with van der Waals surface area (Å²) in [4.78, 5) is 38.9. The molecule has 0 spiro atoms. The average Bonchev–Trinajstić information content (AvgIpc) is 3.01. The molecule has 4 rings (SSSR count). The van der Waals surface area contributed by atoms with Gasteiger partial charge in [-0.05, 0) is 67.1 Å². The smallest absolute Gasteiger partial charge is 0.343 e. The standard InChI is InChI=1S/C24H14Cl4N2O4/c1-12-11-14(25)7-10-18(12)34-24(33)13-5-8-15(9-6-13)29-21-20(28)22(31)30(23(21)32)17-4-2-3-16(26)19(17)27/h2-11,29H,1H3. The van der Waals surface area contributed by atoms with Gasteiger partial charge in [0.1, 0.15) is 16.5 Å². The van der Waals surface area contributed by atoms with Crippen molar-refractivity contribution in [1.29, 1.82) is 0 Å². The van der Waals surface area contributed by atoms with Crippen molar-refractivity contribution in [1.82, 2.24) is 0 Å². The number of nitrogens with one attached hydrogen (secondary N) is 1. The fourth-order valence-corrected chi connectivity index (χ4v) is 4.03. The second kappa shape index (κ2) is 9.68. The number of ether oxygens (including phenoxy) is 1. The lowest BCUT2D eigenvalue weighted by atomic mass is 10.2. The molecule has 172 valence electrons. The summed E-state index contributed by atoms with van der Waals surface area (Å²) in [6.07, 6.45) is 0. The van der Waals surface area contributed by atoms with E-state index in [1.165, 1.54) is 24.3 Å². The number of hydrogen-bond acceptors (Lipinski definition) is 5. The highest BCUT2D eigenvalue weighted by Crippen LogP contribution is 2.37. The lowest BCUT2D eigenvalue weighted by Crippen LogP contribution is -2.32. The van der Waals surface area contributed by atoms with Crippen molar-refractivity contribution in [3.63, 3.8) is 0 Å². The molecule has 0 aliphatic carbocycles. The molecule has 0 saturated heterocycles. The van der Waals surface area contributed by atoms with E-state index in [2.05, 4.69) is 5.32 Å². The number of hydrogen-bond donors (Lipinski definition) is 1. The molecule has 0 fully saturated rings. The van der Waals surface area contributed by atoms with Gasteiger partial charge in [-0.3, -0.25) is 9.59 Å². The van der Waals surface area contributed by atoms with E-state index < -0.39 is 17.8 Å². The molecular weight excluding hydrogens is 522 g/mol. The van der Waals surface area contributed by atoms with E-state index in [1.807, 2.05) is 0 Å². The number of carbonyl (C=O) groups is 3. The number of aryl methyl sites for hydroxylation is 1. The first kappa shape index (κ1) is 24.1. The van der Waals surface area contributed by atoms with Crippen molar-refractivity contribution in [2.45, 2.75) is 6.92 Å². The lowest BCUT2D eigenvalue weighted by Gasteiger charge is -2.17. The second-order valence-electron chi connectivity index (χ2n) is 7.21. The van der Waals surface area contributed by atoms with Crippen LogP contribution >= 0.6 is 46.4 Å². The van der Waals surface area contributed by atoms with E-state index in [1.54, 1.807) is 43.3 Å². The summed E-state index contributed by atoms with van der Waals surface area (Å²) in [5.41, 5.74) is 1.41. The molecule has 2 amide bonds. The first-order valence-electron chi connectivity index (χ1n) is 9.75. The number of nitrogens with zero attached hydrogens (tertiary/aromatic N) is 1. The Morgan fingerprint density at radius 1 is 0.912 bits per heavy atom. The van der Waals surface area contributed by atoms with Gasteiger partial charge in [-0.2, -0.15) is 0 Å². The van der Waals surface area contributed by atoms with Crippen molar-refractivity contribution in [2.75, 3.05) is 10.2 Å². The second-order valence-corrected chi connectivity index (χ2v) is 8.81. The number of amides is 2. The Bertz CT molecular complexity index is 1370. The number of carbonyl (C=O) groups excluding carboxylic acids is 3. The third-order valence-electron chi connectivity index (χ3n) is 4.93. The summed E-state index contributed by atoms with van der Waals surface area (Å²) in [6, 6.07) is 15.6. The SMILES string of the molecule is Cc1cc(Cl)ccc1OC(=O)c1ccc(NC2=C(Cl)C(=O)N(c3cccc(Cl)c3Cl)C2=O)cc1. The van der Waals surface area contributed by atoms with Gasteiger partial charge in [-0.25, -0.2) is 9.69 Å². The highest BCUT2D eigenvalue weighted by Gasteiger charge is 2.40. The van der Waals surface area contributed by atoms with E-state index in [-0.39, 0.29) is 32.0 Å². The van der Waals surface area contributed by atoms with Gasteiger partial charge in [0.25, 0.3) is 11.8 Å². The van der Waals surface area contributed by atoms with Crippen LogP contribution in [0, 0.1) is 6.92 Å². The third kappa shape index (κ3) is 4.63. The van der Waals surface area contributed by atoms with E-state index >= 15 is 0 Å². The van der Waals surface area contributed by atoms with Crippen LogP contribution in [-0.2, 0) is 9.59 Å². The Morgan fingerprint density at radius 2 is 1.62 bits per heavy atom. The third-order valence-corrected chi connectivity index (χ3v) is 6.32. The highest BCUT2D eigenvalue weighted by atomic mass is 35.5. The number of imide groups is 1. The molecule has 6 nitrogen and oxygen atoms in total. The van der Waals surface area contributed by atoms with Gasteiger partial charge in [-0.15, -0.1) is 0 Å². The van der Waals surface area contributed by atoms with Crippen molar-refractivity contribution < 1.29 is 19.1 Å². The maximum absolute atomic E-state index is 12.9. The summed E-state index contributed by atoms with van der Waals surface area (Å²) in [5, 5.41) is 3.30. The molecule has 0 atom stereocenters. The fourth-order valence-electron chi connectivity index (χ4n) is 3.22. The number of rotatable bonds is 5. The van der Waals surface area contributed by atoms with Crippen molar-refractivity contribution in [2.24, 2.45) is 0 Å². The molecule has 0 unspecified atom stereocenters. The zero-order chi connectivity index (χ0) is 24.6. The van der Waals surface area contributed by atoms with Crippen molar-refractivity contribution in [3.05, 3.63) is 97.6 Å². The minimum Gasteiger partial charge on any atom is -0.423 e. The van der Waals surface area contributed by atoms with Crippen LogP contribution in [0.4, 0.5) is 11.4 Å². The normalized spacial score (nSPS) is 13.5. The predicted octanol–water partition coefficient (Wildman–Crippen LogP) is 6.61. The van der Waals surface area contributed by atoms with E-state index in [9.17, 15) is 14.4 Å². The molecule has 3 aromatic carbocycles. The van der Waals surface area contributed by atoms with Crippen LogP contribution in [0.1, 0.15) is 15.9 Å². The Balaban J connectivity index is 1.50. The van der Waals surface area contributed by atoms with Gasteiger partial charge in [0.05, 0.1) is 21.3 Å². The maximum Gasteiger partial charge on any atom is 0.343 e. The van der Waals surface area contributed by atoms with Crippen LogP contribution < -0.4 is 15.0 Å². The van der Waals surface area contributed by atoms with Gasteiger partial charge in [0.2, 0.25) is 0 Å². The molecule has 1 aliphatic rings.